The molecule has 2 aromatic carbocycles. The molecule has 138 valence electrons. The molecule has 0 fully saturated rings. The molecule has 7 heteroatoms. The van der Waals surface area contributed by atoms with Gasteiger partial charge in [-0.15, -0.1) is 0 Å². The van der Waals surface area contributed by atoms with E-state index in [0.29, 0.717) is 35.0 Å². The number of para-hydroxylation sites is 2. The number of ether oxygens (including phenoxy) is 1. The maximum Gasteiger partial charge on any atom is 0.257 e. The second-order valence-corrected chi connectivity index (χ2v) is 6.01. The van der Waals surface area contributed by atoms with Crippen molar-refractivity contribution in [2.24, 2.45) is 0 Å². The number of nitrogens with one attached hydrogen (secondary N) is 2. The Morgan fingerprint density at radius 3 is 2.74 bits per heavy atom. The number of benzene rings is 2. The highest BCUT2D eigenvalue weighted by atomic mass is 35.5. The number of rotatable bonds is 6. The molecular weight excluding hydrogens is 369 g/mol. The minimum atomic E-state index is -0.499. The van der Waals surface area contributed by atoms with Crippen LogP contribution in [0, 0.1) is 5.82 Å². The lowest BCUT2D eigenvalue weighted by atomic mass is 10.2. The van der Waals surface area contributed by atoms with Gasteiger partial charge in [-0.25, -0.2) is 4.39 Å². The molecule has 0 saturated carbocycles. The Morgan fingerprint density at radius 2 is 1.96 bits per heavy atom. The van der Waals surface area contributed by atoms with Crippen molar-refractivity contribution in [3.63, 3.8) is 0 Å². The quantitative estimate of drug-likeness (QED) is 0.606. The molecule has 5 nitrogen and oxygen atoms in total. The van der Waals surface area contributed by atoms with Crippen molar-refractivity contribution in [1.82, 2.24) is 4.98 Å². The van der Waals surface area contributed by atoms with Crippen molar-refractivity contribution in [1.29, 1.82) is 0 Å². The number of halogens is 2. The zero-order valence-corrected chi connectivity index (χ0v) is 15.3. The van der Waals surface area contributed by atoms with Crippen LogP contribution in [0.25, 0.3) is 0 Å². The van der Waals surface area contributed by atoms with Gasteiger partial charge < -0.3 is 15.4 Å². The molecule has 0 bridgehead atoms. The number of hydrogen-bond donors (Lipinski definition) is 2. The van der Waals surface area contributed by atoms with Gasteiger partial charge >= 0.3 is 0 Å². The molecule has 1 aromatic heterocycles. The zero-order chi connectivity index (χ0) is 19.2. The minimum Gasteiger partial charge on any atom is -0.492 e. The standard InChI is InChI=1S/C20H17ClFN3O2/c1-2-27-19-6-4-3-5-18(19)25-20(26)13-9-15(12-23-11-13)24-14-7-8-17(22)16(21)10-14/h3-12,24H,2H2,1H3,(H,25,26). The average molecular weight is 386 g/mol. The summed E-state index contributed by atoms with van der Waals surface area (Å²) in [5, 5.41) is 5.87. The van der Waals surface area contributed by atoms with Crippen molar-refractivity contribution in [3.8, 4) is 5.75 Å². The molecule has 27 heavy (non-hydrogen) atoms. The fourth-order valence-electron chi connectivity index (χ4n) is 2.42. The molecule has 0 aliphatic heterocycles. The van der Waals surface area contributed by atoms with Gasteiger partial charge in [0.05, 0.1) is 34.8 Å². The van der Waals surface area contributed by atoms with E-state index in [9.17, 15) is 9.18 Å². The molecule has 3 aromatic rings. The second-order valence-electron chi connectivity index (χ2n) is 5.60. The van der Waals surface area contributed by atoms with E-state index < -0.39 is 5.82 Å². The maximum absolute atomic E-state index is 13.3. The summed E-state index contributed by atoms with van der Waals surface area (Å²) in [5.41, 5.74) is 2.10. The molecule has 3 rings (SSSR count). The first-order valence-corrected chi connectivity index (χ1v) is 8.65. The van der Waals surface area contributed by atoms with Gasteiger partial charge in [0.25, 0.3) is 5.91 Å². The van der Waals surface area contributed by atoms with Gasteiger partial charge in [-0.3, -0.25) is 9.78 Å². The number of aromatic nitrogens is 1. The normalized spacial score (nSPS) is 10.3. The van der Waals surface area contributed by atoms with Crippen LogP contribution in [0.3, 0.4) is 0 Å². The Bertz CT molecular complexity index is 965. The predicted molar refractivity (Wildman–Crippen MR) is 104 cm³/mol. The Labute approximate surface area is 161 Å². The van der Waals surface area contributed by atoms with Crippen LogP contribution < -0.4 is 15.4 Å². The van der Waals surface area contributed by atoms with Crippen LogP contribution in [0.5, 0.6) is 5.75 Å². The summed E-state index contributed by atoms with van der Waals surface area (Å²) in [4.78, 5) is 16.6. The summed E-state index contributed by atoms with van der Waals surface area (Å²) in [6.45, 7) is 2.37. The number of anilines is 3. The van der Waals surface area contributed by atoms with Crippen molar-refractivity contribution in [3.05, 3.63) is 77.3 Å². The van der Waals surface area contributed by atoms with Crippen LogP contribution in [-0.2, 0) is 0 Å². The summed E-state index contributed by atoms with van der Waals surface area (Å²) in [5.74, 6) is -0.228. The molecule has 1 amide bonds. The third kappa shape index (κ3) is 4.74. The van der Waals surface area contributed by atoms with E-state index in [1.54, 1.807) is 30.5 Å². The van der Waals surface area contributed by atoms with E-state index in [0.717, 1.165) is 0 Å². The van der Waals surface area contributed by atoms with Crippen molar-refractivity contribution in [2.75, 3.05) is 17.2 Å². The topological polar surface area (TPSA) is 63.2 Å². The molecule has 0 atom stereocenters. The van der Waals surface area contributed by atoms with E-state index in [-0.39, 0.29) is 10.9 Å². The fourth-order valence-corrected chi connectivity index (χ4v) is 2.60. The first-order valence-electron chi connectivity index (χ1n) is 8.27. The zero-order valence-electron chi connectivity index (χ0n) is 14.5. The Balaban J connectivity index is 1.76. The van der Waals surface area contributed by atoms with Crippen molar-refractivity contribution in [2.45, 2.75) is 6.92 Å². The van der Waals surface area contributed by atoms with E-state index in [1.165, 1.54) is 18.3 Å². The summed E-state index contributed by atoms with van der Waals surface area (Å²) in [6, 6.07) is 13.1. The minimum absolute atomic E-state index is 0.00869. The SMILES string of the molecule is CCOc1ccccc1NC(=O)c1cncc(Nc2ccc(F)c(Cl)c2)c1. The number of pyridine rings is 1. The van der Waals surface area contributed by atoms with Gasteiger partial charge in [-0.05, 0) is 43.3 Å². The van der Waals surface area contributed by atoms with E-state index in [1.807, 2.05) is 19.1 Å². The molecule has 1 heterocycles. The lowest BCUT2D eigenvalue weighted by Gasteiger charge is -2.12. The number of hydrogen-bond acceptors (Lipinski definition) is 4. The number of nitrogens with zero attached hydrogens (tertiary/aromatic N) is 1. The third-order valence-electron chi connectivity index (χ3n) is 3.64. The van der Waals surface area contributed by atoms with Gasteiger partial charge in [0.1, 0.15) is 11.6 Å². The molecule has 0 spiro atoms. The van der Waals surface area contributed by atoms with E-state index in [4.69, 9.17) is 16.3 Å². The first-order chi connectivity index (χ1) is 13.1. The lowest BCUT2D eigenvalue weighted by Crippen LogP contribution is -2.13. The Kier molecular flexibility index (Phi) is 5.88. The van der Waals surface area contributed by atoms with Crippen LogP contribution >= 0.6 is 11.6 Å². The predicted octanol–water partition coefficient (Wildman–Crippen LogP) is 5.27. The van der Waals surface area contributed by atoms with Gasteiger partial charge in [0.2, 0.25) is 0 Å². The molecule has 0 saturated heterocycles. The average Bonchev–Trinajstić information content (AvgIpc) is 2.67. The highest BCUT2D eigenvalue weighted by molar-refractivity contribution is 6.31. The van der Waals surface area contributed by atoms with Crippen LogP contribution in [0.2, 0.25) is 5.02 Å². The first kappa shape index (κ1) is 18.7. The fraction of sp³-hybridized carbons (Fsp3) is 0.100. The van der Waals surface area contributed by atoms with Crippen LogP contribution in [0.4, 0.5) is 21.5 Å². The third-order valence-corrected chi connectivity index (χ3v) is 3.93. The van der Waals surface area contributed by atoms with Gasteiger partial charge in [-0.1, -0.05) is 23.7 Å². The monoisotopic (exact) mass is 385 g/mol. The molecular formula is C20H17ClFN3O2. The molecule has 0 unspecified atom stereocenters. The van der Waals surface area contributed by atoms with E-state index >= 15 is 0 Å². The maximum atomic E-state index is 13.3. The largest absolute Gasteiger partial charge is 0.492 e. The summed E-state index contributed by atoms with van der Waals surface area (Å²) < 4.78 is 18.8. The summed E-state index contributed by atoms with van der Waals surface area (Å²) in [6.07, 6.45) is 3.02. The molecule has 0 radical (unpaired) electrons. The van der Waals surface area contributed by atoms with E-state index in [2.05, 4.69) is 15.6 Å². The van der Waals surface area contributed by atoms with Crippen LogP contribution in [0.1, 0.15) is 17.3 Å². The van der Waals surface area contributed by atoms with Gasteiger partial charge in [0, 0.05) is 11.9 Å². The molecule has 0 aliphatic carbocycles. The van der Waals surface area contributed by atoms with Crippen molar-refractivity contribution < 1.29 is 13.9 Å². The highest BCUT2D eigenvalue weighted by Crippen LogP contribution is 2.25. The smallest absolute Gasteiger partial charge is 0.257 e. The Hall–Kier alpha value is -3.12. The highest BCUT2D eigenvalue weighted by Gasteiger charge is 2.11. The second kappa shape index (κ2) is 8.51. The van der Waals surface area contributed by atoms with Crippen molar-refractivity contribution >= 4 is 34.6 Å². The van der Waals surface area contributed by atoms with Crippen LogP contribution in [0.15, 0.2) is 60.9 Å². The van der Waals surface area contributed by atoms with Gasteiger partial charge in [0.15, 0.2) is 0 Å². The number of carbonyl (C=O) groups is 1. The number of amides is 1. The van der Waals surface area contributed by atoms with Gasteiger partial charge in [-0.2, -0.15) is 0 Å². The van der Waals surface area contributed by atoms with Crippen LogP contribution in [-0.4, -0.2) is 17.5 Å². The molecule has 0 aliphatic rings. The molecule has 2 N–H and O–H groups in total. The lowest BCUT2D eigenvalue weighted by molar-refractivity contribution is 0.102. The Morgan fingerprint density at radius 1 is 1.15 bits per heavy atom. The summed E-state index contributed by atoms with van der Waals surface area (Å²) in [7, 11) is 0. The number of carbonyl (C=O) groups excluding carboxylic acids is 1. The summed E-state index contributed by atoms with van der Waals surface area (Å²) >= 11 is 5.79.